The molecular weight excluding hydrogens is 386 g/mol. The molecule has 9 nitrogen and oxygen atoms in total. The zero-order valence-electron chi connectivity index (χ0n) is 15.4. The number of nitro groups is 1. The Hall–Kier alpha value is -2.94. The summed E-state index contributed by atoms with van der Waals surface area (Å²) in [6.45, 7) is 3.84. The zero-order valence-corrected chi connectivity index (χ0v) is 16.1. The molecule has 0 atom stereocenters. The summed E-state index contributed by atoms with van der Waals surface area (Å²) in [5.74, 6) is 0.150. The van der Waals surface area contributed by atoms with E-state index in [1.165, 1.54) is 6.20 Å². The molecule has 0 unspecified atom stereocenters. The van der Waals surface area contributed by atoms with E-state index in [2.05, 4.69) is 4.98 Å². The van der Waals surface area contributed by atoms with E-state index in [9.17, 15) is 19.7 Å². The van der Waals surface area contributed by atoms with Crippen LogP contribution in [0.1, 0.15) is 22.6 Å². The van der Waals surface area contributed by atoms with Crippen molar-refractivity contribution in [3.63, 3.8) is 0 Å². The van der Waals surface area contributed by atoms with Gasteiger partial charge < -0.3 is 24.5 Å². The third-order valence-corrected chi connectivity index (χ3v) is 4.98. The molecule has 28 heavy (non-hydrogen) atoms. The Kier molecular flexibility index (Phi) is 5.93. The highest BCUT2D eigenvalue weighted by atomic mass is 35.5. The summed E-state index contributed by atoms with van der Waals surface area (Å²) in [6, 6.07) is 6.73. The van der Waals surface area contributed by atoms with E-state index in [1.54, 1.807) is 45.6 Å². The van der Waals surface area contributed by atoms with Gasteiger partial charge in [-0.25, -0.2) is 0 Å². The Balaban J connectivity index is 1.50. The largest absolute Gasteiger partial charge is 0.381 e. The molecule has 1 aromatic heterocycles. The second kappa shape index (κ2) is 8.39. The second-order valence-electron chi connectivity index (χ2n) is 6.53. The minimum atomic E-state index is -0.553. The first-order valence-corrected chi connectivity index (χ1v) is 9.23. The van der Waals surface area contributed by atoms with Crippen LogP contribution in [0.15, 0.2) is 30.5 Å². The minimum Gasteiger partial charge on any atom is -0.358 e. The molecule has 0 bridgehead atoms. The van der Waals surface area contributed by atoms with Crippen molar-refractivity contribution in [2.24, 2.45) is 0 Å². The monoisotopic (exact) mass is 405 g/mol. The highest BCUT2D eigenvalue weighted by Crippen LogP contribution is 2.14. The predicted octanol–water partition coefficient (Wildman–Crippen LogP) is 2.13. The van der Waals surface area contributed by atoms with Crippen LogP contribution in [0.4, 0.5) is 5.82 Å². The van der Waals surface area contributed by atoms with Gasteiger partial charge in [-0.1, -0.05) is 11.6 Å². The third kappa shape index (κ3) is 4.48. The molecule has 0 N–H and O–H groups in total. The number of carbonyl (C=O) groups excluding carboxylic acids is 2. The van der Waals surface area contributed by atoms with Crippen molar-refractivity contribution in [1.82, 2.24) is 19.4 Å². The van der Waals surface area contributed by atoms with Crippen LogP contribution in [0.5, 0.6) is 0 Å². The summed E-state index contributed by atoms with van der Waals surface area (Å²) in [5, 5.41) is 11.3. The van der Waals surface area contributed by atoms with Crippen molar-refractivity contribution in [3.8, 4) is 0 Å². The topological polar surface area (TPSA) is 102 Å². The normalized spacial score (nSPS) is 14.2. The fraction of sp³-hybridized carbons (Fsp3) is 0.389. The number of rotatable bonds is 5. The lowest BCUT2D eigenvalue weighted by Crippen LogP contribution is -2.50. The number of piperazine rings is 1. The number of imidazole rings is 1. The van der Waals surface area contributed by atoms with Gasteiger partial charge in [0.1, 0.15) is 6.20 Å². The smallest absolute Gasteiger partial charge is 0.358 e. The zero-order chi connectivity index (χ0) is 20.3. The summed E-state index contributed by atoms with van der Waals surface area (Å²) >= 11 is 5.85. The van der Waals surface area contributed by atoms with Crippen LogP contribution in [0.2, 0.25) is 5.02 Å². The number of benzene rings is 1. The Morgan fingerprint density at radius 1 is 1.14 bits per heavy atom. The Morgan fingerprint density at radius 2 is 1.75 bits per heavy atom. The summed E-state index contributed by atoms with van der Waals surface area (Å²) in [4.78, 5) is 42.5. The van der Waals surface area contributed by atoms with E-state index in [0.29, 0.717) is 49.1 Å². The van der Waals surface area contributed by atoms with E-state index >= 15 is 0 Å². The van der Waals surface area contributed by atoms with Crippen LogP contribution < -0.4 is 0 Å². The van der Waals surface area contributed by atoms with E-state index < -0.39 is 4.92 Å². The molecule has 0 spiro atoms. The van der Waals surface area contributed by atoms with E-state index in [1.807, 2.05) is 0 Å². The van der Waals surface area contributed by atoms with E-state index in [4.69, 9.17) is 11.6 Å². The van der Waals surface area contributed by atoms with E-state index in [0.717, 1.165) is 0 Å². The van der Waals surface area contributed by atoms with Crippen LogP contribution >= 0.6 is 11.6 Å². The van der Waals surface area contributed by atoms with Gasteiger partial charge in [-0.2, -0.15) is 0 Å². The second-order valence-corrected chi connectivity index (χ2v) is 6.96. The van der Waals surface area contributed by atoms with Gasteiger partial charge in [-0.15, -0.1) is 0 Å². The number of aromatic nitrogens is 2. The standard InChI is InChI=1S/C18H20ClN5O4/c1-13-20-16(24(27)28)12-23(13)7-6-17(25)21-8-10-22(11-9-21)18(26)14-2-4-15(19)5-3-14/h2-5,12H,6-11H2,1H3. The summed E-state index contributed by atoms with van der Waals surface area (Å²) in [5.41, 5.74) is 0.571. The first-order valence-electron chi connectivity index (χ1n) is 8.86. The number of aryl methyl sites for hydroxylation is 2. The molecule has 148 valence electrons. The average Bonchev–Trinajstić information content (AvgIpc) is 3.07. The van der Waals surface area contributed by atoms with Gasteiger partial charge >= 0.3 is 5.82 Å². The first kappa shape index (κ1) is 19.8. The lowest BCUT2D eigenvalue weighted by atomic mass is 10.2. The third-order valence-electron chi connectivity index (χ3n) is 4.73. The molecule has 2 aromatic rings. The van der Waals surface area contributed by atoms with Crippen molar-refractivity contribution in [2.45, 2.75) is 19.9 Å². The molecular formula is C18H20ClN5O4. The number of amides is 2. The fourth-order valence-electron chi connectivity index (χ4n) is 3.11. The van der Waals surface area contributed by atoms with Crippen molar-refractivity contribution in [2.75, 3.05) is 26.2 Å². The van der Waals surface area contributed by atoms with Crippen molar-refractivity contribution in [1.29, 1.82) is 0 Å². The molecule has 1 aromatic carbocycles. The molecule has 2 heterocycles. The lowest BCUT2D eigenvalue weighted by Gasteiger charge is -2.35. The highest BCUT2D eigenvalue weighted by molar-refractivity contribution is 6.30. The van der Waals surface area contributed by atoms with Gasteiger partial charge in [0.25, 0.3) is 5.91 Å². The number of hydrogen-bond donors (Lipinski definition) is 0. The van der Waals surface area contributed by atoms with E-state index in [-0.39, 0.29) is 24.1 Å². The maximum Gasteiger partial charge on any atom is 0.381 e. The number of nitrogens with zero attached hydrogens (tertiary/aromatic N) is 5. The molecule has 1 aliphatic rings. The van der Waals surface area contributed by atoms with Crippen molar-refractivity contribution < 1.29 is 14.5 Å². The highest BCUT2D eigenvalue weighted by Gasteiger charge is 2.25. The summed E-state index contributed by atoms with van der Waals surface area (Å²) in [6.07, 6.45) is 1.56. The maximum atomic E-state index is 12.5. The van der Waals surface area contributed by atoms with Crippen molar-refractivity contribution >= 4 is 29.2 Å². The van der Waals surface area contributed by atoms with Gasteiger partial charge in [-0.3, -0.25) is 9.59 Å². The Labute approximate surface area is 166 Å². The lowest BCUT2D eigenvalue weighted by molar-refractivity contribution is -0.389. The van der Waals surface area contributed by atoms with Gasteiger partial charge in [0, 0.05) is 56.7 Å². The first-order chi connectivity index (χ1) is 13.3. The average molecular weight is 406 g/mol. The minimum absolute atomic E-state index is 0.0469. The Morgan fingerprint density at radius 3 is 2.32 bits per heavy atom. The SMILES string of the molecule is Cc1nc([N+](=O)[O-])cn1CCC(=O)N1CCN(C(=O)c2ccc(Cl)cc2)CC1. The summed E-state index contributed by atoms with van der Waals surface area (Å²) < 4.78 is 1.61. The fourth-order valence-corrected chi connectivity index (χ4v) is 3.24. The number of carbonyl (C=O) groups is 2. The molecule has 0 radical (unpaired) electrons. The molecule has 1 saturated heterocycles. The van der Waals surface area contributed by atoms with Crippen LogP contribution in [0, 0.1) is 17.0 Å². The van der Waals surface area contributed by atoms with Crippen LogP contribution in [0.3, 0.4) is 0 Å². The molecule has 3 rings (SSSR count). The van der Waals surface area contributed by atoms with Gasteiger partial charge in [0.05, 0.1) is 0 Å². The van der Waals surface area contributed by atoms with Gasteiger partial charge in [-0.05, 0) is 34.2 Å². The molecule has 0 aliphatic carbocycles. The number of hydrogen-bond acceptors (Lipinski definition) is 5. The van der Waals surface area contributed by atoms with Gasteiger partial charge in [0.15, 0.2) is 0 Å². The molecule has 0 saturated carbocycles. The predicted molar refractivity (Wildman–Crippen MR) is 102 cm³/mol. The van der Waals surface area contributed by atoms with Crippen LogP contribution in [-0.2, 0) is 11.3 Å². The van der Waals surface area contributed by atoms with Crippen LogP contribution in [0.25, 0.3) is 0 Å². The van der Waals surface area contributed by atoms with Crippen molar-refractivity contribution in [3.05, 3.63) is 57.0 Å². The summed E-state index contributed by atoms with van der Waals surface area (Å²) in [7, 11) is 0. The number of halogens is 1. The van der Waals surface area contributed by atoms with Crippen LogP contribution in [-0.4, -0.2) is 62.3 Å². The maximum absolute atomic E-state index is 12.5. The van der Waals surface area contributed by atoms with Gasteiger partial charge in [0.2, 0.25) is 11.7 Å². The quantitative estimate of drug-likeness (QED) is 0.560. The Bertz CT molecular complexity index is 888. The molecule has 1 fully saturated rings. The molecule has 10 heteroatoms. The molecule has 2 amide bonds. The molecule has 1 aliphatic heterocycles.